The van der Waals surface area contributed by atoms with E-state index in [1.165, 1.54) is 0 Å². The number of aromatic amines is 2. The van der Waals surface area contributed by atoms with Crippen molar-refractivity contribution in [3.8, 4) is 11.4 Å². The number of aliphatic hydroxyl groups excluding tert-OH is 1. The van der Waals surface area contributed by atoms with Gasteiger partial charge in [0.15, 0.2) is 0 Å². The number of fused-ring (bicyclic) bond motifs is 2. The van der Waals surface area contributed by atoms with E-state index in [-0.39, 0.29) is 18.2 Å². The summed E-state index contributed by atoms with van der Waals surface area (Å²) in [6, 6.07) is 5.42. The lowest BCUT2D eigenvalue weighted by atomic mass is 10.1. The number of pyridine rings is 1. The Balaban J connectivity index is 1.68. The minimum atomic E-state index is -0.286. The van der Waals surface area contributed by atoms with Gasteiger partial charge in [0.25, 0.3) is 5.56 Å². The van der Waals surface area contributed by atoms with Crippen molar-refractivity contribution >= 4 is 33.4 Å². The first-order chi connectivity index (χ1) is 17.0. The van der Waals surface area contributed by atoms with Gasteiger partial charge in [-0.05, 0) is 37.1 Å². The fraction of sp³-hybridized carbons (Fsp3) is 0.292. The molecule has 0 saturated carbocycles. The molecule has 4 aromatic heterocycles. The van der Waals surface area contributed by atoms with Gasteiger partial charge in [0.1, 0.15) is 22.7 Å². The number of hydrogen-bond donors (Lipinski definition) is 5. The normalized spacial score (nSPS) is 12.3. The quantitative estimate of drug-likeness (QED) is 0.231. The Morgan fingerprint density at radius 1 is 1.17 bits per heavy atom. The lowest BCUT2D eigenvalue weighted by Crippen LogP contribution is -2.18. The van der Waals surface area contributed by atoms with Gasteiger partial charge in [0.2, 0.25) is 0 Å². The van der Waals surface area contributed by atoms with Crippen LogP contribution >= 0.6 is 0 Å². The predicted molar refractivity (Wildman–Crippen MR) is 135 cm³/mol. The summed E-state index contributed by atoms with van der Waals surface area (Å²) in [4.78, 5) is 33.1. The molecule has 0 aliphatic rings. The molecule has 1 atom stereocenters. The van der Waals surface area contributed by atoms with Crippen LogP contribution in [0.2, 0.25) is 0 Å². The molecule has 35 heavy (non-hydrogen) atoms. The fourth-order valence-corrected chi connectivity index (χ4v) is 4.22. The van der Waals surface area contributed by atoms with Gasteiger partial charge in [-0.25, -0.2) is 15.0 Å². The lowest BCUT2D eigenvalue weighted by Gasteiger charge is -2.18. The number of nitrogens with one attached hydrogen (secondary N) is 4. The first-order valence-electron chi connectivity index (χ1n) is 11.5. The Morgan fingerprint density at radius 3 is 2.71 bits per heavy atom. The summed E-state index contributed by atoms with van der Waals surface area (Å²) in [5, 5.41) is 20.5. The first-order valence-corrected chi connectivity index (χ1v) is 11.5. The van der Waals surface area contributed by atoms with Crippen molar-refractivity contribution in [2.75, 3.05) is 23.8 Å². The average Bonchev–Trinajstić information content (AvgIpc) is 3.42. The molecule has 0 bridgehead atoms. The van der Waals surface area contributed by atoms with E-state index < -0.39 is 0 Å². The zero-order chi connectivity index (χ0) is 24.5. The highest BCUT2D eigenvalue weighted by molar-refractivity contribution is 5.97. The molecule has 0 fully saturated rings. The zero-order valence-corrected chi connectivity index (χ0v) is 19.8. The number of anilines is 2. The molecular formula is C24H27N9O2. The van der Waals surface area contributed by atoms with Crippen molar-refractivity contribution in [2.24, 2.45) is 7.05 Å². The summed E-state index contributed by atoms with van der Waals surface area (Å²) in [5.41, 5.74) is 5.28. The van der Waals surface area contributed by atoms with Crippen molar-refractivity contribution in [1.82, 2.24) is 34.7 Å². The number of nitrogens with zero attached hydrogens (tertiary/aromatic N) is 5. The lowest BCUT2D eigenvalue weighted by molar-refractivity contribution is 0.311. The molecule has 0 radical (unpaired) electrons. The van der Waals surface area contributed by atoms with Gasteiger partial charge in [0.05, 0.1) is 34.9 Å². The smallest absolute Gasteiger partial charge is 0.261 e. The molecule has 0 aliphatic carbocycles. The number of aromatic nitrogens is 7. The van der Waals surface area contributed by atoms with E-state index in [4.69, 9.17) is 10.1 Å². The topological polar surface area (TPSA) is 149 Å². The summed E-state index contributed by atoms with van der Waals surface area (Å²) in [6.45, 7) is 4.47. The number of aliphatic hydroxyl groups is 1. The number of hydrogen-bond acceptors (Lipinski definition) is 8. The molecule has 0 saturated heterocycles. The monoisotopic (exact) mass is 473 g/mol. The summed E-state index contributed by atoms with van der Waals surface area (Å²) in [5.74, 6) is 1.06. The van der Waals surface area contributed by atoms with Gasteiger partial charge in [0, 0.05) is 37.9 Å². The van der Waals surface area contributed by atoms with Crippen LogP contribution in [0.25, 0.3) is 33.5 Å². The molecule has 4 heterocycles. The molecule has 0 amide bonds. The second-order valence-electron chi connectivity index (χ2n) is 8.40. The van der Waals surface area contributed by atoms with Crippen LogP contribution in [0.4, 0.5) is 11.4 Å². The Morgan fingerprint density at radius 2 is 1.97 bits per heavy atom. The van der Waals surface area contributed by atoms with E-state index >= 15 is 0 Å². The summed E-state index contributed by atoms with van der Waals surface area (Å²) in [7, 11) is 1.81. The largest absolute Gasteiger partial charge is 0.395 e. The van der Waals surface area contributed by atoms with Crippen LogP contribution in [0.1, 0.15) is 30.8 Å². The molecule has 1 aromatic carbocycles. The maximum Gasteiger partial charge on any atom is 0.261 e. The van der Waals surface area contributed by atoms with Crippen LogP contribution < -0.4 is 16.2 Å². The standard InChI is InChI=1S/C24H27N9O2/c1-4-14(22-26-6-5-7-27-22)28-21-19(24(35)31-18-12-33(3)32-20(18)21)23-29-16-10-13(2)15(25-8-9-34)11-17(16)30-23/h5-7,10-12,14,25,28,34H,4,8-9H2,1-3H3,(H,29,30)(H,31,35)/t14-/m0/s1. The van der Waals surface area contributed by atoms with Gasteiger partial charge in [-0.2, -0.15) is 5.10 Å². The maximum absolute atomic E-state index is 13.4. The highest BCUT2D eigenvalue weighted by atomic mass is 16.3. The number of rotatable bonds is 8. The second-order valence-corrected chi connectivity index (χ2v) is 8.40. The molecule has 0 spiro atoms. The van der Waals surface area contributed by atoms with Gasteiger partial charge in [-0.3, -0.25) is 9.48 Å². The van der Waals surface area contributed by atoms with Gasteiger partial charge < -0.3 is 25.7 Å². The molecule has 5 aromatic rings. The van der Waals surface area contributed by atoms with Gasteiger partial charge in [-0.15, -0.1) is 0 Å². The maximum atomic E-state index is 13.4. The van der Waals surface area contributed by atoms with Crippen LogP contribution in [0.3, 0.4) is 0 Å². The van der Waals surface area contributed by atoms with E-state index in [0.717, 1.165) is 22.3 Å². The molecule has 5 rings (SSSR count). The van der Waals surface area contributed by atoms with E-state index in [2.05, 4.69) is 35.7 Å². The first kappa shape index (κ1) is 22.5. The van der Waals surface area contributed by atoms with Gasteiger partial charge >= 0.3 is 0 Å². The predicted octanol–water partition coefficient (Wildman–Crippen LogP) is 2.87. The van der Waals surface area contributed by atoms with Crippen molar-refractivity contribution in [1.29, 1.82) is 0 Å². The van der Waals surface area contributed by atoms with Crippen molar-refractivity contribution < 1.29 is 5.11 Å². The van der Waals surface area contributed by atoms with E-state index in [1.807, 2.05) is 33.0 Å². The highest BCUT2D eigenvalue weighted by Crippen LogP contribution is 2.33. The van der Waals surface area contributed by atoms with E-state index in [1.54, 1.807) is 29.3 Å². The molecular weight excluding hydrogens is 446 g/mol. The van der Waals surface area contributed by atoms with Crippen LogP contribution in [-0.4, -0.2) is 53.0 Å². The van der Waals surface area contributed by atoms with Crippen LogP contribution in [0.5, 0.6) is 0 Å². The minimum Gasteiger partial charge on any atom is -0.395 e. The SMILES string of the molecule is CC[C@H](Nc1c(-c2nc3cc(C)c(NCCO)cc3[nH]2)c(=O)[nH]c2cn(C)nc12)c1ncccn1. The minimum absolute atomic E-state index is 0.0317. The van der Waals surface area contributed by atoms with Crippen molar-refractivity contribution in [2.45, 2.75) is 26.3 Å². The van der Waals surface area contributed by atoms with Gasteiger partial charge in [-0.1, -0.05) is 6.92 Å². The molecule has 0 aliphatic heterocycles. The van der Waals surface area contributed by atoms with Crippen LogP contribution in [0, 0.1) is 6.92 Å². The number of H-pyrrole nitrogens is 2. The third-order valence-electron chi connectivity index (χ3n) is 5.91. The molecule has 180 valence electrons. The Bertz CT molecular complexity index is 1550. The van der Waals surface area contributed by atoms with Crippen molar-refractivity contribution in [3.63, 3.8) is 0 Å². The Labute approximate surface area is 200 Å². The number of imidazole rings is 1. The van der Waals surface area contributed by atoms with Crippen LogP contribution in [0.15, 0.2) is 41.6 Å². The summed E-state index contributed by atoms with van der Waals surface area (Å²) in [6.07, 6.45) is 5.87. The van der Waals surface area contributed by atoms with Crippen molar-refractivity contribution in [3.05, 3.63) is 58.5 Å². The van der Waals surface area contributed by atoms with E-state index in [9.17, 15) is 4.79 Å². The molecule has 11 nitrogen and oxygen atoms in total. The number of aryl methyl sites for hydroxylation is 2. The molecule has 0 unspecified atom stereocenters. The molecule has 5 N–H and O–H groups in total. The summed E-state index contributed by atoms with van der Waals surface area (Å²) >= 11 is 0. The third kappa shape index (κ3) is 4.21. The summed E-state index contributed by atoms with van der Waals surface area (Å²) < 4.78 is 1.66. The second kappa shape index (κ2) is 9.18. The fourth-order valence-electron chi connectivity index (χ4n) is 4.22. The van der Waals surface area contributed by atoms with E-state index in [0.29, 0.717) is 46.9 Å². The highest BCUT2D eigenvalue weighted by Gasteiger charge is 2.23. The number of benzene rings is 1. The Kier molecular flexibility index (Phi) is 5.91. The molecule has 11 heteroatoms. The zero-order valence-electron chi connectivity index (χ0n) is 19.8. The average molecular weight is 474 g/mol. The third-order valence-corrected chi connectivity index (χ3v) is 5.91. The Hall–Kier alpha value is -4.25. The van der Waals surface area contributed by atoms with Crippen LogP contribution in [-0.2, 0) is 7.05 Å².